The number of carbonyl (C=O) groups excluding carboxylic acids is 1. The van der Waals surface area contributed by atoms with Crippen LogP contribution in [0.25, 0.3) is 0 Å². The zero-order valence-corrected chi connectivity index (χ0v) is 9.26. The summed E-state index contributed by atoms with van der Waals surface area (Å²) in [5.74, 6) is -0.156. The van der Waals surface area contributed by atoms with E-state index in [-0.39, 0.29) is 10.9 Å². The zero-order chi connectivity index (χ0) is 10.0. The molecule has 0 saturated carbocycles. The molecule has 2 N–H and O–H groups in total. The highest BCUT2D eigenvalue weighted by Gasteiger charge is 2.14. The van der Waals surface area contributed by atoms with Gasteiger partial charge >= 0.3 is 0 Å². The molecule has 1 aromatic rings. The molecule has 0 aliphatic carbocycles. The van der Waals surface area contributed by atoms with Gasteiger partial charge in [-0.15, -0.1) is 0 Å². The van der Waals surface area contributed by atoms with Gasteiger partial charge in [0.2, 0.25) is 0 Å². The number of aromatic nitrogens is 1. The quantitative estimate of drug-likeness (QED) is 0.656. The van der Waals surface area contributed by atoms with E-state index in [2.05, 4.69) is 20.9 Å². The van der Waals surface area contributed by atoms with E-state index in [1.807, 2.05) is 0 Å². The molecule has 5 heteroatoms. The van der Waals surface area contributed by atoms with Gasteiger partial charge in [-0.05, 0) is 28.9 Å². The second-order valence-corrected chi connectivity index (χ2v) is 3.88. The molecule has 0 amide bonds. The molecule has 0 aliphatic rings. The lowest BCUT2D eigenvalue weighted by Crippen LogP contribution is -2.26. The lowest BCUT2D eigenvalue weighted by atomic mass is 10.1. The lowest BCUT2D eigenvalue weighted by molar-refractivity contribution is 0.0967. The number of carbonyl (C=O) groups is 1. The van der Waals surface area contributed by atoms with Crippen molar-refractivity contribution in [3.8, 4) is 0 Å². The van der Waals surface area contributed by atoms with E-state index in [4.69, 9.17) is 17.3 Å². The van der Waals surface area contributed by atoms with Crippen molar-refractivity contribution >= 4 is 33.3 Å². The molecule has 1 rings (SSSR count). The van der Waals surface area contributed by atoms with Gasteiger partial charge in [-0.1, -0.05) is 11.6 Å². The summed E-state index contributed by atoms with van der Waals surface area (Å²) in [4.78, 5) is 15.3. The van der Waals surface area contributed by atoms with Gasteiger partial charge in [0, 0.05) is 16.2 Å². The first-order chi connectivity index (χ1) is 6.02. The first-order valence-corrected chi connectivity index (χ1v) is 4.80. The Balaban J connectivity index is 3.13. The molecule has 0 spiro atoms. The molecule has 0 fully saturated rings. The molecule has 3 nitrogen and oxygen atoms in total. The third kappa shape index (κ3) is 2.49. The first-order valence-electron chi connectivity index (χ1n) is 3.63. The van der Waals surface area contributed by atoms with Gasteiger partial charge in [0.15, 0.2) is 5.78 Å². The Bertz CT molecular complexity index is 341. The number of nitrogens with zero attached hydrogens (tertiary/aromatic N) is 1. The monoisotopic (exact) mass is 262 g/mol. The molecule has 1 heterocycles. The second kappa shape index (κ2) is 4.17. The Kier molecular flexibility index (Phi) is 3.41. The lowest BCUT2D eigenvalue weighted by Gasteiger charge is -2.05. The number of Topliss-reactive ketones (excluding diaryl/α,β-unsaturated/α-hetero) is 1. The van der Waals surface area contributed by atoms with Crippen LogP contribution in [0.4, 0.5) is 0 Å². The van der Waals surface area contributed by atoms with Crippen LogP contribution in [-0.4, -0.2) is 16.8 Å². The van der Waals surface area contributed by atoms with Crippen molar-refractivity contribution in [1.82, 2.24) is 4.98 Å². The summed E-state index contributed by atoms with van der Waals surface area (Å²) in [6, 6.07) is 0.965. The van der Waals surface area contributed by atoms with Crippen LogP contribution in [0.3, 0.4) is 0 Å². The van der Waals surface area contributed by atoms with Crippen LogP contribution in [-0.2, 0) is 0 Å². The van der Waals surface area contributed by atoms with Gasteiger partial charge in [0.05, 0.1) is 6.04 Å². The van der Waals surface area contributed by atoms with Crippen LogP contribution in [0.15, 0.2) is 16.7 Å². The molecule has 0 aliphatic heterocycles. The van der Waals surface area contributed by atoms with Crippen molar-refractivity contribution in [2.45, 2.75) is 13.0 Å². The van der Waals surface area contributed by atoms with E-state index < -0.39 is 6.04 Å². The maximum atomic E-state index is 11.5. The number of ketones is 1. The molecule has 0 aromatic carbocycles. The average molecular weight is 264 g/mol. The van der Waals surface area contributed by atoms with Crippen molar-refractivity contribution in [2.75, 3.05) is 0 Å². The van der Waals surface area contributed by atoms with Crippen molar-refractivity contribution in [3.05, 3.63) is 27.5 Å². The molecule has 13 heavy (non-hydrogen) atoms. The van der Waals surface area contributed by atoms with Crippen molar-refractivity contribution in [1.29, 1.82) is 0 Å². The van der Waals surface area contributed by atoms with Crippen LogP contribution in [0.2, 0.25) is 5.15 Å². The van der Waals surface area contributed by atoms with E-state index in [1.165, 1.54) is 12.3 Å². The number of halogens is 2. The molecule has 1 unspecified atom stereocenters. The Morgan fingerprint density at radius 1 is 1.77 bits per heavy atom. The number of nitrogens with two attached hydrogens (primary N) is 1. The minimum Gasteiger partial charge on any atom is -0.321 e. The van der Waals surface area contributed by atoms with Gasteiger partial charge in [0.1, 0.15) is 5.15 Å². The zero-order valence-electron chi connectivity index (χ0n) is 6.92. The minimum atomic E-state index is -0.533. The van der Waals surface area contributed by atoms with E-state index in [1.54, 1.807) is 6.92 Å². The molecule has 1 aromatic heterocycles. The van der Waals surface area contributed by atoms with Gasteiger partial charge < -0.3 is 5.73 Å². The summed E-state index contributed by atoms with van der Waals surface area (Å²) in [5.41, 5.74) is 5.92. The van der Waals surface area contributed by atoms with Gasteiger partial charge in [-0.3, -0.25) is 4.79 Å². The van der Waals surface area contributed by atoms with Crippen LogP contribution in [0.1, 0.15) is 17.3 Å². The fraction of sp³-hybridized carbons (Fsp3) is 0.250. The molecule has 0 radical (unpaired) electrons. The first kappa shape index (κ1) is 10.6. The molecular formula is C8H8BrClN2O. The molecule has 1 atom stereocenters. The van der Waals surface area contributed by atoms with Crippen molar-refractivity contribution < 1.29 is 4.79 Å². The van der Waals surface area contributed by atoms with Crippen molar-refractivity contribution in [2.24, 2.45) is 5.73 Å². The maximum absolute atomic E-state index is 11.5. The summed E-state index contributed by atoms with van der Waals surface area (Å²) in [6.45, 7) is 1.63. The smallest absolute Gasteiger partial charge is 0.180 e. The number of pyridine rings is 1. The fourth-order valence-electron chi connectivity index (χ4n) is 0.847. The Morgan fingerprint density at radius 3 is 2.92 bits per heavy atom. The highest BCUT2D eigenvalue weighted by atomic mass is 79.9. The summed E-state index contributed by atoms with van der Waals surface area (Å²) in [6.07, 6.45) is 1.48. The second-order valence-electron chi connectivity index (χ2n) is 2.64. The van der Waals surface area contributed by atoms with Crippen LogP contribution >= 0.6 is 27.5 Å². The predicted molar refractivity (Wildman–Crippen MR) is 54.9 cm³/mol. The Labute approximate surface area is 89.4 Å². The summed E-state index contributed by atoms with van der Waals surface area (Å²) < 4.78 is 0.610. The largest absolute Gasteiger partial charge is 0.321 e. The van der Waals surface area contributed by atoms with Gasteiger partial charge in [0.25, 0.3) is 0 Å². The van der Waals surface area contributed by atoms with Gasteiger partial charge in [-0.25, -0.2) is 4.98 Å². The number of rotatable bonds is 2. The molecular weight excluding hydrogens is 255 g/mol. The fourth-order valence-corrected chi connectivity index (χ4v) is 1.42. The average Bonchev–Trinajstić information content (AvgIpc) is 2.08. The van der Waals surface area contributed by atoms with Crippen LogP contribution in [0, 0.1) is 0 Å². The predicted octanol–water partition coefficient (Wildman–Crippen LogP) is 2.03. The minimum absolute atomic E-state index is 0.156. The topological polar surface area (TPSA) is 56.0 Å². The highest BCUT2D eigenvalue weighted by Crippen LogP contribution is 2.19. The van der Waals surface area contributed by atoms with Crippen LogP contribution in [0.5, 0.6) is 0 Å². The summed E-state index contributed by atoms with van der Waals surface area (Å²) >= 11 is 8.84. The molecule has 0 bridgehead atoms. The maximum Gasteiger partial charge on any atom is 0.180 e. The van der Waals surface area contributed by atoms with Gasteiger partial charge in [-0.2, -0.15) is 0 Å². The Hall–Kier alpha value is -0.450. The third-order valence-corrected chi connectivity index (χ3v) is 2.34. The van der Waals surface area contributed by atoms with Crippen LogP contribution < -0.4 is 5.73 Å². The molecule has 0 saturated heterocycles. The number of hydrogen-bond acceptors (Lipinski definition) is 3. The standard InChI is InChI=1S/C8H8BrClN2O/c1-4(11)8(13)5-2-7(10)12-3-6(5)9/h2-4H,11H2,1H3. The molecule has 70 valence electrons. The Morgan fingerprint density at radius 2 is 2.38 bits per heavy atom. The number of hydrogen-bond donors (Lipinski definition) is 1. The highest BCUT2D eigenvalue weighted by molar-refractivity contribution is 9.10. The van der Waals surface area contributed by atoms with E-state index >= 15 is 0 Å². The SMILES string of the molecule is CC(N)C(=O)c1cc(Cl)ncc1Br. The van der Waals surface area contributed by atoms with E-state index in [0.717, 1.165) is 0 Å². The van der Waals surface area contributed by atoms with E-state index in [9.17, 15) is 4.79 Å². The normalized spacial score (nSPS) is 12.6. The van der Waals surface area contributed by atoms with E-state index in [0.29, 0.717) is 10.0 Å². The third-order valence-electron chi connectivity index (χ3n) is 1.50. The summed E-state index contributed by atoms with van der Waals surface area (Å²) in [5, 5.41) is 0.284. The van der Waals surface area contributed by atoms with Crippen molar-refractivity contribution in [3.63, 3.8) is 0 Å². The summed E-state index contributed by atoms with van der Waals surface area (Å²) in [7, 11) is 0.